The van der Waals surface area contributed by atoms with E-state index >= 15 is 0 Å². The summed E-state index contributed by atoms with van der Waals surface area (Å²) in [6.45, 7) is 6.20. The van der Waals surface area contributed by atoms with Gasteiger partial charge in [0.05, 0.1) is 5.52 Å². The second-order valence-corrected chi connectivity index (χ2v) is 5.26. The third-order valence-electron chi connectivity index (χ3n) is 3.56. The Hall–Kier alpha value is -1.68. The monoisotopic (exact) mass is 260 g/mol. The average Bonchev–Trinajstić information content (AvgIpc) is 2.33. The van der Waals surface area contributed by atoms with E-state index in [1.54, 1.807) is 18.3 Å². The number of nitrogens with zero attached hydrogens (tertiary/aromatic N) is 2. The van der Waals surface area contributed by atoms with Gasteiger partial charge in [-0.1, -0.05) is 0 Å². The summed E-state index contributed by atoms with van der Waals surface area (Å²) >= 11 is 0. The highest BCUT2D eigenvalue weighted by molar-refractivity contribution is 5.84. The molecule has 0 unspecified atom stereocenters. The molecule has 4 heteroatoms. The number of hydrogen-bond donors (Lipinski definition) is 0. The summed E-state index contributed by atoms with van der Waals surface area (Å²) in [5, 5.41) is 0.741. The van der Waals surface area contributed by atoms with Gasteiger partial charge in [-0.2, -0.15) is 0 Å². The smallest absolute Gasteiger partial charge is 0.130 e. The van der Waals surface area contributed by atoms with Crippen molar-refractivity contribution >= 4 is 10.9 Å². The van der Waals surface area contributed by atoms with Crippen molar-refractivity contribution in [3.8, 4) is 5.75 Å². The quantitative estimate of drug-likeness (QED) is 0.848. The Morgan fingerprint density at radius 2 is 2.11 bits per heavy atom. The lowest BCUT2D eigenvalue weighted by molar-refractivity contribution is 0.000950. The average molecular weight is 260 g/mol. The van der Waals surface area contributed by atoms with Crippen LogP contribution in [0.1, 0.15) is 13.8 Å². The number of ether oxygens (including phenoxy) is 1. The van der Waals surface area contributed by atoms with E-state index in [4.69, 9.17) is 4.74 Å². The van der Waals surface area contributed by atoms with Gasteiger partial charge >= 0.3 is 0 Å². The number of fused-ring (bicyclic) bond motifs is 1. The molecule has 1 aliphatic rings. The first kappa shape index (κ1) is 12.4. The van der Waals surface area contributed by atoms with E-state index in [1.165, 1.54) is 12.1 Å². The summed E-state index contributed by atoms with van der Waals surface area (Å²) in [7, 11) is 0. The Morgan fingerprint density at radius 1 is 1.32 bits per heavy atom. The zero-order chi connectivity index (χ0) is 13.4. The zero-order valence-electron chi connectivity index (χ0n) is 11.1. The molecule has 0 radical (unpaired) electrons. The van der Waals surface area contributed by atoms with Crippen molar-refractivity contribution in [2.24, 2.45) is 0 Å². The Labute approximate surface area is 112 Å². The van der Waals surface area contributed by atoms with Crippen molar-refractivity contribution in [2.45, 2.75) is 26.0 Å². The maximum absolute atomic E-state index is 13.3. The number of pyridine rings is 1. The van der Waals surface area contributed by atoms with Crippen molar-refractivity contribution in [1.29, 1.82) is 0 Å². The van der Waals surface area contributed by atoms with Crippen molar-refractivity contribution < 1.29 is 9.13 Å². The van der Waals surface area contributed by atoms with Crippen molar-refractivity contribution in [2.75, 3.05) is 13.1 Å². The Kier molecular flexibility index (Phi) is 3.11. The molecule has 0 N–H and O–H groups in total. The van der Waals surface area contributed by atoms with Gasteiger partial charge in [-0.25, -0.2) is 4.39 Å². The van der Waals surface area contributed by atoms with E-state index in [2.05, 4.69) is 23.7 Å². The van der Waals surface area contributed by atoms with Crippen LogP contribution in [0.25, 0.3) is 10.9 Å². The van der Waals surface area contributed by atoms with Crippen LogP contribution in [0.5, 0.6) is 5.75 Å². The number of halogens is 1. The molecule has 0 amide bonds. The van der Waals surface area contributed by atoms with E-state index < -0.39 is 0 Å². The van der Waals surface area contributed by atoms with Crippen LogP contribution in [-0.2, 0) is 0 Å². The number of hydrogen-bond acceptors (Lipinski definition) is 3. The molecule has 19 heavy (non-hydrogen) atoms. The fourth-order valence-electron chi connectivity index (χ4n) is 2.34. The molecule has 3 nitrogen and oxygen atoms in total. The predicted octanol–water partition coefficient (Wildman–Crippen LogP) is 2.85. The summed E-state index contributed by atoms with van der Waals surface area (Å²) in [6, 6.07) is 6.93. The molecule has 2 heterocycles. The Morgan fingerprint density at radius 3 is 2.84 bits per heavy atom. The number of benzene rings is 1. The highest BCUT2D eigenvalue weighted by Crippen LogP contribution is 2.27. The minimum atomic E-state index is -0.261. The van der Waals surface area contributed by atoms with Gasteiger partial charge in [-0.15, -0.1) is 0 Å². The normalized spacial score (nSPS) is 16.8. The van der Waals surface area contributed by atoms with Crippen LogP contribution in [-0.4, -0.2) is 35.1 Å². The summed E-state index contributed by atoms with van der Waals surface area (Å²) in [4.78, 5) is 6.56. The maximum Gasteiger partial charge on any atom is 0.130 e. The first-order valence-electron chi connectivity index (χ1n) is 6.58. The minimum Gasteiger partial charge on any atom is -0.487 e. The molecule has 1 aromatic carbocycles. The molecule has 0 atom stereocenters. The van der Waals surface area contributed by atoms with Crippen molar-refractivity contribution in [1.82, 2.24) is 9.88 Å². The van der Waals surface area contributed by atoms with Gasteiger partial charge in [0.15, 0.2) is 0 Å². The molecule has 1 aromatic heterocycles. The third-order valence-corrected chi connectivity index (χ3v) is 3.56. The molecule has 0 bridgehead atoms. The summed E-state index contributed by atoms with van der Waals surface area (Å²) in [5.74, 6) is 0.459. The van der Waals surface area contributed by atoms with Gasteiger partial charge in [-0.05, 0) is 38.1 Å². The second-order valence-electron chi connectivity index (χ2n) is 5.26. The van der Waals surface area contributed by atoms with Gasteiger partial charge in [-0.3, -0.25) is 9.88 Å². The third kappa shape index (κ3) is 2.40. The number of rotatable bonds is 3. The molecule has 1 saturated heterocycles. The van der Waals surface area contributed by atoms with E-state index in [0.717, 1.165) is 29.7 Å². The Balaban J connectivity index is 1.80. The van der Waals surface area contributed by atoms with Gasteiger partial charge < -0.3 is 4.74 Å². The fourth-order valence-corrected chi connectivity index (χ4v) is 2.34. The highest BCUT2D eigenvalue weighted by Gasteiger charge is 2.30. The van der Waals surface area contributed by atoms with Gasteiger partial charge in [0, 0.05) is 30.7 Å². The first-order valence-corrected chi connectivity index (χ1v) is 6.58. The summed E-state index contributed by atoms with van der Waals surface area (Å²) < 4.78 is 19.3. The molecule has 0 saturated carbocycles. The predicted molar refractivity (Wildman–Crippen MR) is 72.8 cm³/mol. The second kappa shape index (κ2) is 4.78. The van der Waals surface area contributed by atoms with E-state index in [-0.39, 0.29) is 11.9 Å². The first-order chi connectivity index (χ1) is 9.13. The minimum absolute atomic E-state index is 0.191. The Bertz CT molecular complexity index is 594. The van der Waals surface area contributed by atoms with Crippen LogP contribution in [0.15, 0.2) is 30.5 Å². The molecule has 1 fully saturated rings. The fraction of sp³-hybridized carbons (Fsp3) is 0.400. The molecular formula is C15H17FN2O. The highest BCUT2D eigenvalue weighted by atomic mass is 19.1. The molecule has 1 aliphatic heterocycles. The molecule has 3 rings (SSSR count). The van der Waals surface area contributed by atoms with Crippen LogP contribution in [0, 0.1) is 5.82 Å². The number of aromatic nitrogens is 1. The standard InChI is InChI=1S/C15H17FN2O/c1-10(2)18-8-12(9-18)19-15-5-6-17-14-4-3-11(16)7-13(14)15/h3-7,10,12H,8-9H2,1-2H3. The van der Waals surface area contributed by atoms with E-state index in [9.17, 15) is 4.39 Å². The van der Waals surface area contributed by atoms with Gasteiger partial charge in [0.25, 0.3) is 0 Å². The van der Waals surface area contributed by atoms with Crippen LogP contribution in [0.2, 0.25) is 0 Å². The van der Waals surface area contributed by atoms with Crippen LogP contribution in [0.4, 0.5) is 4.39 Å². The number of likely N-dealkylation sites (tertiary alicyclic amines) is 1. The molecule has 2 aromatic rings. The van der Waals surface area contributed by atoms with Gasteiger partial charge in [0.2, 0.25) is 0 Å². The topological polar surface area (TPSA) is 25.4 Å². The SMILES string of the molecule is CC(C)N1CC(Oc2ccnc3ccc(F)cc23)C1. The van der Waals surface area contributed by atoms with Gasteiger partial charge in [0.1, 0.15) is 17.7 Å². The molecule has 100 valence electrons. The lowest BCUT2D eigenvalue weighted by atomic mass is 10.1. The molecule has 0 spiro atoms. The summed E-state index contributed by atoms with van der Waals surface area (Å²) in [6.07, 6.45) is 1.89. The maximum atomic E-state index is 13.3. The van der Waals surface area contributed by atoms with Crippen molar-refractivity contribution in [3.63, 3.8) is 0 Å². The lowest BCUT2D eigenvalue weighted by Crippen LogP contribution is -2.56. The summed E-state index contributed by atoms with van der Waals surface area (Å²) in [5.41, 5.74) is 0.763. The van der Waals surface area contributed by atoms with Crippen LogP contribution < -0.4 is 4.74 Å². The van der Waals surface area contributed by atoms with E-state index in [1.807, 2.05) is 0 Å². The van der Waals surface area contributed by atoms with Crippen LogP contribution >= 0.6 is 0 Å². The zero-order valence-corrected chi connectivity index (χ0v) is 11.1. The molecular weight excluding hydrogens is 243 g/mol. The van der Waals surface area contributed by atoms with E-state index in [0.29, 0.717) is 6.04 Å². The lowest BCUT2D eigenvalue weighted by Gasteiger charge is -2.41. The largest absolute Gasteiger partial charge is 0.487 e. The van der Waals surface area contributed by atoms with Crippen molar-refractivity contribution in [3.05, 3.63) is 36.3 Å². The molecule has 0 aliphatic carbocycles. The van der Waals surface area contributed by atoms with Crippen LogP contribution in [0.3, 0.4) is 0 Å².